The van der Waals surface area contributed by atoms with Crippen LogP contribution in [0.25, 0.3) is 10.9 Å². The first-order valence-corrected chi connectivity index (χ1v) is 12.1. The number of H-pyrrole nitrogens is 1. The Balaban J connectivity index is 1.45. The molecule has 10 heteroatoms. The normalized spacial score (nSPS) is 21.3. The summed E-state index contributed by atoms with van der Waals surface area (Å²) < 4.78 is 43.1. The third-order valence-electron chi connectivity index (χ3n) is 7.19. The zero-order valence-electron chi connectivity index (χ0n) is 20.7. The fourth-order valence-corrected chi connectivity index (χ4v) is 5.41. The summed E-state index contributed by atoms with van der Waals surface area (Å²) >= 11 is 0. The van der Waals surface area contributed by atoms with Gasteiger partial charge in [-0.2, -0.15) is 0 Å². The van der Waals surface area contributed by atoms with Crippen LogP contribution in [0.4, 0.5) is 18.9 Å². The van der Waals surface area contributed by atoms with Gasteiger partial charge in [0.05, 0.1) is 17.0 Å². The summed E-state index contributed by atoms with van der Waals surface area (Å²) in [5.41, 5.74) is -2.00. The number of amides is 3. The molecule has 0 radical (unpaired) electrons. The maximum absolute atomic E-state index is 14.8. The second kappa shape index (κ2) is 8.94. The lowest BCUT2D eigenvalue weighted by Crippen LogP contribution is -2.52. The molecule has 2 aliphatic rings. The Morgan fingerprint density at radius 2 is 1.95 bits per heavy atom. The van der Waals surface area contributed by atoms with Gasteiger partial charge in [0.25, 0.3) is 5.91 Å². The topological polar surface area (TPSA) is 94.3 Å². The number of para-hydroxylation sites is 1. The van der Waals surface area contributed by atoms with Crippen molar-refractivity contribution in [1.29, 1.82) is 0 Å². The molecule has 2 aromatic carbocycles. The number of rotatable bonds is 5. The van der Waals surface area contributed by atoms with Crippen LogP contribution in [-0.4, -0.2) is 51.9 Å². The molecule has 0 saturated carbocycles. The lowest BCUT2D eigenvalue weighted by Gasteiger charge is -2.30. The number of aromatic nitrogens is 1. The van der Waals surface area contributed by atoms with Gasteiger partial charge in [0.2, 0.25) is 11.8 Å². The van der Waals surface area contributed by atoms with Crippen LogP contribution in [0.5, 0.6) is 0 Å². The van der Waals surface area contributed by atoms with Crippen molar-refractivity contribution in [2.45, 2.75) is 49.9 Å². The third kappa shape index (κ3) is 4.18. The third-order valence-corrected chi connectivity index (χ3v) is 7.19. The molecule has 1 saturated heterocycles. The highest BCUT2D eigenvalue weighted by Gasteiger charge is 2.56. The average molecular weight is 523 g/mol. The summed E-state index contributed by atoms with van der Waals surface area (Å²) in [5.74, 6) is -0.727. The number of aromatic amines is 1. The Morgan fingerprint density at radius 1 is 1.24 bits per heavy atom. The zero-order chi connectivity index (χ0) is 27.4. The van der Waals surface area contributed by atoms with E-state index in [1.165, 1.54) is 18.7 Å². The SMILES string of the molecule is C#CC1C[C@@]2(CN1C(=O)C(CC(C)(C)F)NC(=O)c1cc3c(F)ccc(F)c3[nH]1)C(=O)Nc1ccccc12. The molecule has 5 rings (SSSR count). The number of terminal acetylenes is 1. The van der Waals surface area contributed by atoms with Crippen LogP contribution in [0, 0.1) is 24.0 Å². The molecule has 1 fully saturated rings. The Labute approximate surface area is 216 Å². The molecule has 2 aliphatic heterocycles. The molecule has 1 aromatic heterocycles. The highest BCUT2D eigenvalue weighted by atomic mass is 19.1. The number of anilines is 1. The fraction of sp³-hybridized carbons (Fsp3) is 0.321. The van der Waals surface area contributed by atoms with E-state index in [2.05, 4.69) is 21.5 Å². The van der Waals surface area contributed by atoms with Crippen molar-refractivity contribution < 1.29 is 27.6 Å². The Morgan fingerprint density at radius 3 is 2.63 bits per heavy atom. The lowest BCUT2D eigenvalue weighted by atomic mass is 9.79. The molecule has 0 aliphatic carbocycles. The number of likely N-dealkylation sites (tertiary alicyclic amines) is 1. The Kier molecular flexibility index (Phi) is 5.97. The van der Waals surface area contributed by atoms with E-state index in [1.807, 2.05) is 0 Å². The number of hydrogen-bond donors (Lipinski definition) is 3. The number of alkyl halides is 1. The van der Waals surface area contributed by atoms with E-state index in [9.17, 15) is 27.6 Å². The lowest BCUT2D eigenvalue weighted by molar-refractivity contribution is -0.134. The maximum atomic E-state index is 14.8. The largest absolute Gasteiger partial charge is 0.348 e. The van der Waals surface area contributed by atoms with Crippen LogP contribution in [0.15, 0.2) is 42.5 Å². The Hall–Kier alpha value is -4.26. The number of halogens is 3. The molecule has 38 heavy (non-hydrogen) atoms. The highest BCUT2D eigenvalue weighted by Crippen LogP contribution is 2.46. The number of nitrogens with zero attached hydrogens (tertiary/aromatic N) is 1. The average Bonchev–Trinajstić information content (AvgIpc) is 3.55. The zero-order valence-corrected chi connectivity index (χ0v) is 20.7. The van der Waals surface area contributed by atoms with Crippen LogP contribution in [0.1, 0.15) is 42.7 Å². The van der Waals surface area contributed by atoms with Crippen molar-refractivity contribution in [3.05, 3.63) is 65.4 Å². The van der Waals surface area contributed by atoms with Gasteiger partial charge in [0.1, 0.15) is 29.0 Å². The van der Waals surface area contributed by atoms with Crippen molar-refractivity contribution in [2.24, 2.45) is 0 Å². The number of carbonyl (C=O) groups is 3. The van der Waals surface area contributed by atoms with E-state index < -0.39 is 53.0 Å². The molecule has 3 N–H and O–H groups in total. The predicted octanol–water partition coefficient (Wildman–Crippen LogP) is 3.81. The van der Waals surface area contributed by atoms with Gasteiger partial charge in [-0.15, -0.1) is 6.42 Å². The Bertz CT molecular complexity index is 1480. The second-order valence-electron chi connectivity index (χ2n) is 10.4. The van der Waals surface area contributed by atoms with E-state index in [-0.39, 0.29) is 35.5 Å². The summed E-state index contributed by atoms with van der Waals surface area (Å²) in [5, 5.41) is 5.21. The number of fused-ring (bicyclic) bond motifs is 3. The van der Waals surface area contributed by atoms with E-state index in [0.717, 1.165) is 18.2 Å². The standard InChI is InChI=1S/C28H25F3N4O3/c1-4-15-12-28(17-7-5-6-8-20(17)34-26(28)38)14-35(15)25(37)22(13-27(2,3)31)33-24(36)21-11-16-18(29)9-10-19(30)23(16)32-21/h1,5-11,15,22,32H,12-14H2,2-3H3,(H,33,36)(H,34,38)/t15?,22?,28-/m0/s1. The first-order chi connectivity index (χ1) is 17.9. The van der Waals surface area contributed by atoms with Gasteiger partial charge >= 0.3 is 0 Å². The molecule has 3 amide bonds. The van der Waals surface area contributed by atoms with Gasteiger partial charge < -0.3 is 20.5 Å². The number of hydrogen-bond acceptors (Lipinski definition) is 3. The maximum Gasteiger partial charge on any atom is 0.268 e. The molecule has 196 valence electrons. The van der Waals surface area contributed by atoms with Crippen LogP contribution < -0.4 is 10.6 Å². The molecule has 2 unspecified atom stereocenters. The van der Waals surface area contributed by atoms with Gasteiger partial charge in [0, 0.05) is 24.0 Å². The van der Waals surface area contributed by atoms with Crippen LogP contribution in [0.2, 0.25) is 0 Å². The van der Waals surface area contributed by atoms with E-state index >= 15 is 0 Å². The summed E-state index contributed by atoms with van der Waals surface area (Å²) in [6.07, 6.45) is 5.52. The van der Waals surface area contributed by atoms with Crippen LogP contribution >= 0.6 is 0 Å². The van der Waals surface area contributed by atoms with E-state index in [0.29, 0.717) is 11.3 Å². The highest BCUT2D eigenvalue weighted by molar-refractivity contribution is 6.07. The van der Waals surface area contributed by atoms with Gasteiger partial charge in [-0.05, 0) is 50.1 Å². The molecule has 3 aromatic rings. The minimum absolute atomic E-state index is 0.0502. The molecule has 0 bridgehead atoms. The van der Waals surface area contributed by atoms with Crippen molar-refractivity contribution in [2.75, 3.05) is 11.9 Å². The molecule has 3 heterocycles. The van der Waals surface area contributed by atoms with Crippen LogP contribution in [-0.2, 0) is 15.0 Å². The smallest absolute Gasteiger partial charge is 0.268 e. The quantitative estimate of drug-likeness (QED) is 0.445. The first kappa shape index (κ1) is 25.4. The molecule has 7 nitrogen and oxygen atoms in total. The minimum atomic E-state index is -1.87. The monoisotopic (exact) mass is 522 g/mol. The van der Waals surface area contributed by atoms with Gasteiger partial charge in [0.15, 0.2) is 0 Å². The van der Waals surface area contributed by atoms with Gasteiger partial charge in [-0.3, -0.25) is 14.4 Å². The summed E-state index contributed by atoms with van der Waals surface area (Å²) in [7, 11) is 0. The summed E-state index contributed by atoms with van der Waals surface area (Å²) in [6, 6.07) is 7.97. The first-order valence-electron chi connectivity index (χ1n) is 12.1. The fourth-order valence-electron chi connectivity index (χ4n) is 5.41. The number of carbonyl (C=O) groups excluding carboxylic acids is 3. The van der Waals surface area contributed by atoms with Gasteiger partial charge in [-0.25, -0.2) is 13.2 Å². The molecular weight excluding hydrogens is 497 g/mol. The van der Waals surface area contributed by atoms with Crippen LogP contribution in [0.3, 0.4) is 0 Å². The summed E-state index contributed by atoms with van der Waals surface area (Å²) in [6.45, 7) is 2.47. The molecular formula is C28H25F3N4O3. The van der Waals surface area contributed by atoms with Gasteiger partial charge in [-0.1, -0.05) is 24.1 Å². The van der Waals surface area contributed by atoms with E-state index in [1.54, 1.807) is 24.3 Å². The number of benzene rings is 2. The van der Waals surface area contributed by atoms with Crippen molar-refractivity contribution in [3.8, 4) is 12.3 Å². The predicted molar refractivity (Wildman–Crippen MR) is 135 cm³/mol. The van der Waals surface area contributed by atoms with Crippen molar-refractivity contribution >= 4 is 34.3 Å². The molecule has 3 atom stereocenters. The number of nitrogens with one attached hydrogen (secondary N) is 3. The molecule has 1 spiro atoms. The minimum Gasteiger partial charge on any atom is -0.348 e. The van der Waals surface area contributed by atoms with E-state index in [4.69, 9.17) is 6.42 Å². The van der Waals surface area contributed by atoms with Crippen molar-refractivity contribution in [1.82, 2.24) is 15.2 Å². The summed E-state index contributed by atoms with van der Waals surface area (Å²) in [4.78, 5) is 43.8. The second-order valence-corrected chi connectivity index (χ2v) is 10.4. The van der Waals surface area contributed by atoms with Crippen molar-refractivity contribution in [3.63, 3.8) is 0 Å².